The highest BCUT2D eigenvalue weighted by molar-refractivity contribution is 6.05. The Hall–Kier alpha value is -9.94. The van der Waals surface area contributed by atoms with Crippen molar-refractivity contribution in [3.63, 3.8) is 0 Å². The summed E-state index contributed by atoms with van der Waals surface area (Å²) in [6, 6.07) is 2.90. The van der Waals surface area contributed by atoms with E-state index >= 15 is 0 Å². The molecule has 10 amide bonds. The van der Waals surface area contributed by atoms with E-state index in [1.807, 2.05) is 0 Å². The zero-order valence-electron chi connectivity index (χ0n) is 43.7. The number of imidazole rings is 4. The van der Waals surface area contributed by atoms with Crippen LogP contribution < -0.4 is 58.9 Å². The first kappa shape index (κ1) is 57.3. The third-order valence-electron chi connectivity index (χ3n) is 11.4. The van der Waals surface area contributed by atoms with Crippen molar-refractivity contribution in [2.45, 2.75) is 32.1 Å². The average Bonchev–Trinajstić information content (AvgIpc) is 4.27. The maximum Gasteiger partial charge on any atom is 0.291 e. The zero-order valence-corrected chi connectivity index (χ0v) is 43.7. The van der Waals surface area contributed by atoms with Crippen molar-refractivity contribution in [2.75, 3.05) is 65.9 Å². The molecule has 0 aliphatic rings. The van der Waals surface area contributed by atoms with Crippen molar-refractivity contribution in [2.24, 2.45) is 42.3 Å². The Labute approximate surface area is 444 Å². The fourth-order valence-electron chi connectivity index (χ4n) is 7.44. The van der Waals surface area contributed by atoms with Gasteiger partial charge in [-0.3, -0.25) is 47.9 Å². The van der Waals surface area contributed by atoms with Crippen molar-refractivity contribution in [3.8, 4) is 0 Å². The van der Waals surface area contributed by atoms with E-state index in [9.17, 15) is 47.9 Å². The molecule has 31 nitrogen and oxygen atoms in total. The second kappa shape index (κ2) is 26.5. The molecule has 6 aromatic heterocycles. The van der Waals surface area contributed by atoms with Crippen LogP contribution in [0.3, 0.4) is 0 Å². The Bertz CT molecular complexity index is 3220. The summed E-state index contributed by atoms with van der Waals surface area (Å²) >= 11 is 0. The number of aryl methyl sites for hydroxylation is 6. The van der Waals surface area contributed by atoms with Gasteiger partial charge in [-0.2, -0.15) is 0 Å². The Morgan fingerprint density at radius 2 is 0.782 bits per heavy atom. The first-order valence-electron chi connectivity index (χ1n) is 24.3. The molecule has 78 heavy (non-hydrogen) atoms. The van der Waals surface area contributed by atoms with Gasteiger partial charge in [-0.1, -0.05) is 0 Å². The van der Waals surface area contributed by atoms with E-state index in [2.05, 4.69) is 78.8 Å². The van der Waals surface area contributed by atoms with Gasteiger partial charge in [0.05, 0.1) is 17.9 Å². The molecule has 31 heteroatoms. The van der Waals surface area contributed by atoms with E-state index in [-0.39, 0.29) is 116 Å². The van der Waals surface area contributed by atoms with Gasteiger partial charge in [-0.25, -0.2) is 19.9 Å². The van der Waals surface area contributed by atoms with Crippen molar-refractivity contribution in [1.82, 2.24) is 73.9 Å². The number of carbonyl (C=O) groups excluding carboxylic acids is 10. The molecule has 0 unspecified atom stereocenters. The molecule has 0 bridgehead atoms. The molecule has 0 radical (unpaired) electrons. The SMILES string of the molecule is Cn1cc(NC(=O)c2nc(NC(=O)CCNC(=O)c3nc(NC(=O)CCNC(=O)c4cc(NC(=O)c5nc(NC(=O)CCNC(=O)c6nccn6C)cn5C)cn4C)cn3C)cn2C)cc1C(=O)NCCC(=O)NCCC[NH3+]. The van der Waals surface area contributed by atoms with Crippen LogP contribution in [0.25, 0.3) is 0 Å². The van der Waals surface area contributed by atoms with Crippen LogP contribution in [0, 0.1) is 0 Å². The van der Waals surface area contributed by atoms with Crippen molar-refractivity contribution < 1.29 is 53.7 Å². The minimum atomic E-state index is -0.635. The van der Waals surface area contributed by atoms with Crippen molar-refractivity contribution >= 4 is 87.9 Å². The number of hydrogen-bond acceptors (Lipinski definition) is 14. The maximum atomic E-state index is 13.1. The molecule has 0 aliphatic heterocycles. The van der Waals surface area contributed by atoms with Crippen LogP contribution >= 0.6 is 0 Å². The second-order valence-electron chi connectivity index (χ2n) is 17.6. The third kappa shape index (κ3) is 15.8. The zero-order chi connectivity index (χ0) is 56.6. The third-order valence-corrected chi connectivity index (χ3v) is 11.4. The van der Waals surface area contributed by atoms with E-state index in [0.29, 0.717) is 18.8 Å². The molecule has 0 spiro atoms. The fraction of sp³-hybridized carbons (Fsp3) is 0.362. The summed E-state index contributed by atoms with van der Waals surface area (Å²) in [5.74, 6) is -4.67. The Kier molecular flexibility index (Phi) is 19.5. The molecule has 6 aromatic rings. The van der Waals surface area contributed by atoms with E-state index in [0.717, 1.165) is 6.42 Å². The number of anilines is 5. The molecule has 0 aliphatic carbocycles. The lowest BCUT2D eigenvalue weighted by atomic mass is 10.3. The average molecular weight is 1080 g/mol. The van der Waals surface area contributed by atoms with Gasteiger partial charge in [-0.05, 0) is 12.1 Å². The number of amides is 10. The summed E-state index contributed by atoms with van der Waals surface area (Å²) in [6.07, 6.45) is 10.9. The van der Waals surface area contributed by atoms with Gasteiger partial charge < -0.3 is 86.3 Å². The van der Waals surface area contributed by atoms with Crippen LogP contribution in [0.5, 0.6) is 0 Å². The van der Waals surface area contributed by atoms with Crippen molar-refractivity contribution in [3.05, 3.63) is 90.2 Å². The highest BCUT2D eigenvalue weighted by Gasteiger charge is 2.22. The van der Waals surface area contributed by atoms with Gasteiger partial charge >= 0.3 is 0 Å². The molecule has 6 rings (SSSR count). The number of nitrogens with one attached hydrogen (secondary N) is 10. The maximum absolute atomic E-state index is 13.1. The van der Waals surface area contributed by atoms with Gasteiger partial charge in [0.1, 0.15) is 11.4 Å². The predicted molar refractivity (Wildman–Crippen MR) is 279 cm³/mol. The molecule has 13 N–H and O–H groups in total. The number of carbonyl (C=O) groups is 10. The van der Waals surface area contributed by atoms with Crippen LogP contribution in [0.4, 0.5) is 28.8 Å². The molecular formula is C47H62N21O10+. The highest BCUT2D eigenvalue weighted by Crippen LogP contribution is 2.18. The van der Waals surface area contributed by atoms with Crippen LogP contribution in [-0.2, 0) is 61.5 Å². The molecular weight excluding hydrogens is 1020 g/mol. The number of quaternary nitrogens is 1. The largest absolute Gasteiger partial charge is 0.358 e. The quantitative estimate of drug-likeness (QED) is 0.0261. The van der Waals surface area contributed by atoms with E-state index < -0.39 is 53.2 Å². The predicted octanol–water partition coefficient (Wildman–Crippen LogP) is -2.05. The second-order valence-corrected chi connectivity index (χ2v) is 17.6. The molecule has 0 fully saturated rings. The Morgan fingerprint density at radius 3 is 1.17 bits per heavy atom. The standard InChI is InChI=1S/C47H61N21O10/c1-63-19-18-50-38(63)44(75)53-16-10-36(71)58-32-25-67(5)40(61-32)47(78)56-28-21-30(65(3)23-28)43(74)52-15-9-35(70)57-31-24-66(4)39(60-31)45(76)54-17-11-37(72)59-33-26-68(6)41(62-33)46(77)55-27-20-29(64(2)22-27)42(73)51-14-8-34(69)49-13-7-12-48/h18-26H,7-17,48H2,1-6H3,(H,49,69)(H,51,73)(H,52,74)(H,53,75)(H,54,76)(H,55,77)(H,56,78)(H,57,70)(H,58,71)(H,59,72)/p+1. The van der Waals surface area contributed by atoms with Crippen LogP contribution in [0.1, 0.15) is 95.6 Å². The Balaban J connectivity index is 0.876. The smallest absolute Gasteiger partial charge is 0.291 e. The number of aromatic nitrogens is 10. The number of nitrogens with zero attached hydrogens (tertiary/aromatic N) is 10. The molecule has 6 heterocycles. The van der Waals surface area contributed by atoms with Crippen LogP contribution in [0.2, 0.25) is 0 Å². The summed E-state index contributed by atoms with van der Waals surface area (Å²) in [4.78, 5) is 144. The summed E-state index contributed by atoms with van der Waals surface area (Å²) in [7, 11) is 9.54. The molecule has 0 saturated heterocycles. The van der Waals surface area contributed by atoms with Crippen LogP contribution in [-0.4, -0.2) is 146 Å². The van der Waals surface area contributed by atoms with Crippen LogP contribution in [0.15, 0.2) is 55.5 Å². The van der Waals surface area contributed by atoms with Gasteiger partial charge in [0.2, 0.25) is 41.1 Å². The fourth-order valence-corrected chi connectivity index (χ4v) is 7.44. The molecule has 414 valence electrons. The van der Waals surface area contributed by atoms with Gasteiger partial charge in [0.15, 0.2) is 23.3 Å². The first-order chi connectivity index (χ1) is 37.2. The topological polar surface area (TPSA) is 400 Å². The molecule has 0 aromatic carbocycles. The minimum Gasteiger partial charge on any atom is -0.358 e. The molecule has 0 saturated carbocycles. The number of hydrogen-bond donors (Lipinski definition) is 11. The monoisotopic (exact) mass is 1080 g/mol. The van der Waals surface area contributed by atoms with Gasteiger partial charge in [-0.15, -0.1) is 0 Å². The summed E-state index contributed by atoms with van der Waals surface area (Å²) in [5, 5.41) is 26.4. The van der Waals surface area contributed by atoms with E-state index in [1.165, 1.54) is 79.2 Å². The van der Waals surface area contributed by atoms with Gasteiger partial charge in [0.25, 0.3) is 35.4 Å². The summed E-state index contributed by atoms with van der Waals surface area (Å²) < 4.78 is 8.73. The first-order valence-corrected chi connectivity index (χ1v) is 24.3. The lowest BCUT2D eigenvalue weighted by Gasteiger charge is -2.06. The summed E-state index contributed by atoms with van der Waals surface area (Å²) in [5.41, 5.74) is 4.71. The number of rotatable bonds is 26. The summed E-state index contributed by atoms with van der Waals surface area (Å²) in [6.45, 7) is 1.20. The van der Waals surface area contributed by atoms with E-state index in [4.69, 9.17) is 0 Å². The van der Waals surface area contributed by atoms with E-state index in [1.54, 1.807) is 46.0 Å². The minimum absolute atomic E-state index is 0.0390. The lowest BCUT2D eigenvalue weighted by Crippen LogP contribution is -2.51. The molecule has 0 atom stereocenters. The Morgan fingerprint density at radius 1 is 0.410 bits per heavy atom. The van der Waals surface area contributed by atoms with Crippen molar-refractivity contribution in [1.29, 1.82) is 0 Å². The highest BCUT2D eigenvalue weighted by atomic mass is 16.2. The lowest BCUT2D eigenvalue weighted by molar-refractivity contribution is -0.367. The van der Waals surface area contributed by atoms with Gasteiger partial charge in [0, 0.05) is 150 Å². The normalized spacial score (nSPS) is 10.8.